The van der Waals surface area contributed by atoms with Crippen molar-refractivity contribution in [3.8, 4) is 5.75 Å². The van der Waals surface area contributed by atoms with Crippen LogP contribution in [0.25, 0.3) is 0 Å². The van der Waals surface area contributed by atoms with Crippen LogP contribution in [0.1, 0.15) is 31.4 Å². The van der Waals surface area contributed by atoms with Crippen molar-refractivity contribution in [1.82, 2.24) is 0 Å². The second kappa shape index (κ2) is 5.81. The molecule has 1 heterocycles. The van der Waals surface area contributed by atoms with Gasteiger partial charge < -0.3 is 14.2 Å². The summed E-state index contributed by atoms with van der Waals surface area (Å²) in [6, 6.07) is 4.10. The second-order valence-corrected chi connectivity index (χ2v) is 6.25. The van der Waals surface area contributed by atoms with Crippen LogP contribution in [-0.2, 0) is 9.47 Å². The molecule has 0 radical (unpaired) electrons. The Balaban J connectivity index is 1.83. The van der Waals surface area contributed by atoms with Gasteiger partial charge in [0.15, 0.2) is 5.79 Å². The molecule has 1 atom stereocenters. The third kappa shape index (κ3) is 3.94. The van der Waals surface area contributed by atoms with Gasteiger partial charge in [0.1, 0.15) is 5.75 Å². The van der Waals surface area contributed by atoms with E-state index in [1.165, 1.54) is 11.1 Å². The summed E-state index contributed by atoms with van der Waals surface area (Å²) in [4.78, 5) is 0. The molecule has 1 aliphatic rings. The molecular weight excluding hydrogens is 308 g/mol. The zero-order chi connectivity index (χ0) is 14.0. The molecule has 1 aromatic carbocycles. The molecule has 0 unspecified atom stereocenters. The van der Waals surface area contributed by atoms with Crippen LogP contribution in [0, 0.1) is 13.8 Å². The fourth-order valence-corrected chi connectivity index (χ4v) is 2.43. The Morgan fingerprint density at radius 2 is 1.95 bits per heavy atom. The van der Waals surface area contributed by atoms with E-state index in [1.54, 1.807) is 0 Å². The van der Waals surface area contributed by atoms with E-state index in [9.17, 15) is 0 Å². The van der Waals surface area contributed by atoms with Crippen molar-refractivity contribution in [3.63, 3.8) is 0 Å². The number of halogens is 1. The Morgan fingerprint density at radius 3 is 2.47 bits per heavy atom. The summed E-state index contributed by atoms with van der Waals surface area (Å²) in [5.74, 6) is 0.464. The highest BCUT2D eigenvalue weighted by Crippen LogP contribution is 2.27. The molecule has 0 spiro atoms. The topological polar surface area (TPSA) is 27.7 Å². The Bertz CT molecular complexity index is 434. The van der Waals surface area contributed by atoms with Gasteiger partial charge in [-0.1, -0.05) is 15.9 Å². The number of hydrogen-bond acceptors (Lipinski definition) is 3. The molecule has 106 valence electrons. The number of ether oxygens (including phenoxy) is 3. The van der Waals surface area contributed by atoms with E-state index in [0.717, 1.165) is 16.6 Å². The molecule has 0 N–H and O–H groups in total. The fraction of sp³-hybridized carbons (Fsp3) is 0.600. The maximum Gasteiger partial charge on any atom is 0.163 e. The average molecular weight is 329 g/mol. The SMILES string of the molecule is Cc1cc(OCC[C@H]2COC(C)(C)O2)cc(C)c1Br. The molecule has 1 fully saturated rings. The predicted octanol–water partition coefficient (Wildman–Crippen LogP) is 3.99. The van der Waals surface area contributed by atoms with E-state index in [0.29, 0.717) is 13.2 Å². The van der Waals surface area contributed by atoms with Crippen LogP contribution in [0.15, 0.2) is 16.6 Å². The van der Waals surface area contributed by atoms with Crippen molar-refractivity contribution < 1.29 is 14.2 Å². The first-order valence-electron chi connectivity index (χ1n) is 6.59. The summed E-state index contributed by atoms with van der Waals surface area (Å²) < 4.78 is 18.2. The van der Waals surface area contributed by atoms with E-state index in [4.69, 9.17) is 14.2 Å². The van der Waals surface area contributed by atoms with Gasteiger partial charge >= 0.3 is 0 Å². The molecular formula is C15H21BrO3. The van der Waals surface area contributed by atoms with Gasteiger partial charge in [-0.05, 0) is 51.0 Å². The zero-order valence-corrected chi connectivity index (χ0v) is 13.5. The van der Waals surface area contributed by atoms with Gasteiger partial charge in [-0.2, -0.15) is 0 Å². The molecule has 3 nitrogen and oxygen atoms in total. The lowest BCUT2D eigenvalue weighted by molar-refractivity contribution is -0.139. The monoisotopic (exact) mass is 328 g/mol. The lowest BCUT2D eigenvalue weighted by Gasteiger charge is -2.17. The van der Waals surface area contributed by atoms with Gasteiger partial charge in [0.05, 0.1) is 19.3 Å². The second-order valence-electron chi connectivity index (χ2n) is 5.46. The molecule has 1 saturated heterocycles. The van der Waals surface area contributed by atoms with E-state index >= 15 is 0 Å². The van der Waals surface area contributed by atoms with Gasteiger partial charge in [-0.25, -0.2) is 0 Å². The minimum Gasteiger partial charge on any atom is -0.493 e. The summed E-state index contributed by atoms with van der Waals surface area (Å²) in [6.07, 6.45) is 0.977. The first-order valence-corrected chi connectivity index (χ1v) is 7.38. The highest BCUT2D eigenvalue weighted by atomic mass is 79.9. The van der Waals surface area contributed by atoms with E-state index in [-0.39, 0.29) is 6.10 Å². The summed E-state index contributed by atoms with van der Waals surface area (Å²) >= 11 is 3.56. The molecule has 0 aromatic heterocycles. The van der Waals surface area contributed by atoms with Crippen LogP contribution in [-0.4, -0.2) is 25.1 Å². The van der Waals surface area contributed by atoms with Gasteiger partial charge in [-0.3, -0.25) is 0 Å². The molecule has 2 rings (SSSR count). The predicted molar refractivity (Wildman–Crippen MR) is 78.6 cm³/mol. The van der Waals surface area contributed by atoms with Crippen LogP contribution >= 0.6 is 15.9 Å². The summed E-state index contributed by atoms with van der Waals surface area (Å²) in [7, 11) is 0. The van der Waals surface area contributed by atoms with Crippen molar-refractivity contribution in [1.29, 1.82) is 0 Å². The molecule has 1 aromatic rings. The lowest BCUT2D eigenvalue weighted by atomic mass is 10.1. The summed E-state index contributed by atoms with van der Waals surface area (Å²) in [6.45, 7) is 9.31. The Labute approximate surface area is 123 Å². The van der Waals surface area contributed by atoms with Gasteiger partial charge in [0, 0.05) is 10.9 Å². The highest BCUT2D eigenvalue weighted by Gasteiger charge is 2.32. The number of hydrogen-bond donors (Lipinski definition) is 0. The van der Waals surface area contributed by atoms with Crippen molar-refractivity contribution in [2.45, 2.75) is 46.0 Å². The number of benzene rings is 1. The van der Waals surface area contributed by atoms with Crippen molar-refractivity contribution in [2.75, 3.05) is 13.2 Å². The molecule has 4 heteroatoms. The minimum absolute atomic E-state index is 0.132. The summed E-state index contributed by atoms with van der Waals surface area (Å²) in [5, 5.41) is 0. The average Bonchev–Trinajstić information content (AvgIpc) is 2.66. The minimum atomic E-state index is -0.449. The van der Waals surface area contributed by atoms with Gasteiger partial charge in [0.25, 0.3) is 0 Å². The summed E-state index contributed by atoms with van der Waals surface area (Å²) in [5.41, 5.74) is 2.38. The van der Waals surface area contributed by atoms with Crippen LogP contribution < -0.4 is 4.74 Å². The van der Waals surface area contributed by atoms with Crippen molar-refractivity contribution >= 4 is 15.9 Å². The molecule has 0 amide bonds. The molecule has 0 aliphatic carbocycles. The maximum atomic E-state index is 5.80. The maximum absolute atomic E-state index is 5.80. The quantitative estimate of drug-likeness (QED) is 0.836. The standard InChI is InChI=1S/C15H21BrO3/c1-10-7-13(8-11(2)14(10)16)17-6-5-12-9-18-15(3,4)19-12/h7-8,12H,5-6,9H2,1-4H3/t12-/m0/s1. The van der Waals surface area contributed by atoms with E-state index in [1.807, 2.05) is 26.0 Å². The first kappa shape index (κ1) is 14.8. The largest absolute Gasteiger partial charge is 0.493 e. The highest BCUT2D eigenvalue weighted by molar-refractivity contribution is 9.10. The van der Waals surface area contributed by atoms with E-state index in [2.05, 4.69) is 29.8 Å². The normalized spacial score (nSPS) is 21.6. The van der Waals surface area contributed by atoms with Crippen LogP contribution in [0.4, 0.5) is 0 Å². The molecule has 1 aliphatic heterocycles. The number of aryl methyl sites for hydroxylation is 2. The van der Waals surface area contributed by atoms with Crippen LogP contribution in [0.3, 0.4) is 0 Å². The Hall–Kier alpha value is -0.580. The van der Waals surface area contributed by atoms with Crippen molar-refractivity contribution in [2.24, 2.45) is 0 Å². The smallest absolute Gasteiger partial charge is 0.163 e. The molecule has 0 bridgehead atoms. The fourth-order valence-electron chi connectivity index (χ4n) is 2.20. The van der Waals surface area contributed by atoms with Gasteiger partial charge in [0.2, 0.25) is 0 Å². The third-order valence-corrected chi connectivity index (χ3v) is 4.44. The first-order chi connectivity index (χ1) is 8.87. The third-order valence-electron chi connectivity index (χ3n) is 3.19. The van der Waals surface area contributed by atoms with Gasteiger partial charge in [-0.15, -0.1) is 0 Å². The lowest BCUT2D eigenvalue weighted by Crippen LogP contribution is -2.22. The van der Waals surface area contributed by atoms with E-state index < -0.39 is 5.79 Å². The van der Waals surface area contributed by atoms with Crippen LogP contribution in [0.2, 0.25) is 0 Å². The number of rotatable bonds is 4. The Morgan fingerprint density at radius 1 is 1.32 bits per heavy atom. The zero-order valence-electron chi connectivity index (χ0n) is 12.0. The van der Waals surface area contributed by atoms with Crippen molar-refractivity contribution in [3.05, 3.63) is 27.7 Å². The molecule has 0 saturated carbocycles. The molecule has 19 heavy (non-hydrogen) atoms. The van der Waals surface area contributed by atoms with Crippen LogP contribution in [0.5, 0.6) is 5.75 Å². The Kier molecular flexibility index (Phi) is 4.54.